The van der Waals surface area contributed by atoms with E-state index in [-0.39, 0.29) is 0 Å². The van der Waals surface area contributed by atoms with E-state index in [1.807, 2.05) is 12.4 Å². The van der Waals surface area contributed by atoms with Gasteiger partial charge in [-0.15, -0.1) is 0 Å². The van der Waals surface area contributed by atoms with Crippen LogP contribution in [0.2, 0.25) is 0 Å². The number of hydrogen-bond donors (Lipinski definition) is 0. The summed E-state index contributed by atoms with van der Waals surface area (Å²) in [5.41, 5.74) is 7.31. The Morgan fingerprint density at radius 2 is 1.27 bits per heavy atom. The van der Waals surface area contributed by atoms with Crippen LogP contribution in [-0.2, 0) is 0 Å². The van der Waals surface area contributed by atoms with Gasteiger partial charge in [-0.1, -0.05) is 6.92 Å². The molecular formula is C27H34N6. The summed E-state index contributed by atoms with van der Waals surface area (Å²) in [7, 11) is 2.13. The van der Waals surface area contributed by atoms with E-state index >= 15 is 0 Å². The molecule has 6 heteroatoms. The third kappa shape index (κ3) is 4.80. The number of hydrogen-bond acceptors (Lipinski definition) is 6. The Morgan fingerprint density at radius 1 is 0.727 bits per heavy atom. The fraction of sp³-hybridized carbons (Fsp3) is 0.444. The van der Waals surface area contributed by atoms with Crippen LogP contribution in [0.1, 0.15) is 39.0 Å². The zero-order valence-electron chi connectivity index (χ0n) is 19.9. The number of anilines is 3. The predicted octanol–water partition coefficient (Wildman–Crippen LogP) is 5.25. The molecule has 0 radical (unpaired) electrons. The quantitative estimate of drug-likeness (QED) is 0.498. The Labute approximate surface area is 197 Å². The molecule has 33 heavy (non-hydrogen) atoms. The predicted molar refractivity (Wildman–Crippen MR) is 137 cm³/mol. The maximum absolute atomic E-state index is 5.07. The molecule has 0 N–H and O–H groups in total. The van der Waals surface area contributed by atoms with Gasteiger partial charge < -0.3 is 14.7 Å². The standard InChI is InChI=1S/C27H34N6/c1-3-12-31(2)21-8-10-28-24(17-21)26-19-23(33-15-6-7-16-33)20-27(30-26)25-18-22(9-11-29-25)32-13-4-5-14-32/h8-11,17-20H,3-7,12-16H2,1-2H3. The largest absolute Gasteiger partial charge is 0.375 e. The van der Waals surface area contributed by atoms with Gasteiger partial charge in [0.25, 0.3) is 0 Å². The molecule has 2 fully saturated rings. The zero-order chi connectivity index (χ0) is 22.6. The van der Waals surface area contributed by atoms with Crippen molar-refractivity contribution in [3.63, 3.8) is 0 Å². The van der Waals surface area contributed by atoms with Crippen molar-refractivity contribution in [2.24, 2.45) is 0 Å². The van der Waals surface area contributed by atoms with Crippen molar-refractivity contribution >= 4 is 17.1 Å². The molecule has 0 atom stereocenters. The van der Waals surface area contributed by atoms with Crippen LogP contribution in [0.4, 0.5) is 17.1 Å². The summed E-state index contributed by atoms with van der Waals surface area (Å²) in [6.45, 7) is 7.65. The van der Waals surface area contributed by atoms with Gasteiger partial charge in [-0.25, -0.2) is 4.98 Å². The molecule has 0 spiro atoms. The van der Waals surface area contributed by atoms with Crippen LogP contribution in [-0.4, -0.2) is 54.7 Å². The lowest BCUT2D eigenvalue weighted by Gasteiger charge is -2.21. The Morgan fingerprint density at radius 3 is 1.91 bits per heavy atom. The van der Waals surface area contributed by atoms with Gasteiger partial charge in [0.15, 0.2) is 0 Å². The molecule has 2 aliphatic heterocycles. The third-order valence-corrected chi connectivity index (χ3v) is 6.76. The maximum atomic E-state index is 5.07. The van der Waals surface area contributed by atoms with Gasteiger partial charge in [0.2, 0.25) is 0 Å². The molecule has 5 rings (SSSR count). The van der Waals surface area contributed by atoms with Crippen molar-refractivity contribution in [1.29, 1.82) is 0 Å². The minimum Gasteiger partial charge on any atom is -0.375 e. The lowest BCUT2D eigenvalue weighted by molar-refractivity contribution is 0.851. The van der Waals surface area contributed by atoms with Crippen molar-refractivity contribution in [2.45, 2.75) is 39.0 Å². The SMILES string of the molecule is CCCN(C)c1ccnc(-c2cc(N3CCCC3)cc(-c3cc(N4CCCC4)ccn3)n2)c1. The average molecular weight is 443 g/mol. The molecule has 0 amide bonds. The molecular weight excluding hydrogens is 408 g/mol. The van der Waals surface area contributed by atoms with E-state index in [9.17, 15) is 0 Å². The van der Waals surface area contributed by atoms with E-state index in [2.05, 4.69) is 65.1 Å². The van der Waals surface area contributed by atoms with E-state index in [0.29, 0.717) is 0 Å². The van der Waals surface area contributed by atoms with E-state index in [4.69, 9.17) is 15.0 Å². The van der Waals surface area contributed by atoms with Crippen LogP contribution in [0.5, 0.6) is 0 Å². The van der Waals surface area contributed by atoms with E-state index < -0.39 is 0 Å². The van der Waals surface area contributed by atoms with E-state index in [1.54, 1.807) is 0 Å². The third-order valence-electron chi connectivity index (χ3n) is 6.76. The second-order valence-corrected chi connectivity index (χ2v) is 9.20. The Bertz CT molecular complexity index is 1090. The Kier molecular flexibility index (Phi) is 6.42. The second kappa shape index (κ2) is 9.77. The van der Waals surface area contributed by atoms with Gasteiger partial charge in [-0.2, -0.15) is 0 Å². The normalized spacial score (nSPS) is 15.9. The van der Waals surface area contributed by atoms with Crippen LogP contribution < -0.4 is 14.7 Å². The summed E-state index contributed by atoms with van der Waals surface area (Å²) in [5.74, 6) is 0. The summed E-state index contributed by atoms with van der Waals surface area (Å²) < 4.78 is 0. The zero-order valence-corrected chi connectivity index (χ0v) is 19.9. The molecule has 0 aliphatic carbocycles. The van der Waals surface area contributed by atoms with Gasteiger partial charge in [0, 0.05) is 69.2 Å². The van der Waals surface area contributed by atoms with Gasteiger partial charge in [-0.3, -0.25) is 9.97 Å². The Balaban J connectivity index is 1.55. The van der Waals surface area contributed by atoms with Gasteiger partial charge in [0.1, 0.15) is 0 Å². The van der Waals surface area contributed by atoms with Gasteiger partial charge in [0.05, 0.1) is 22.8 Å². The first-order chi connectivity index (χ1) is 16.2. The van der Waals surface area contributed by atoms with Crippen molar-refractivity contribution < 1.29 is 0 Å². The molecule has 0 bridgehead atoms. The molecule has 2 aliphatic rings. The first-order valence-electron chi connectivity index (χ1n) is 12.4. The molecule has 2 saturated heterocycles. The summed E-state index contributed by atoms with van der Waals surface area (Å²) in [5, 5.41) is 0. The number of rotatable bonds is 7. The highest BCUT2D eigenvalue weighted by Gasteiger charge is 2.18. The highest BCUT2D eigenvalue weighted by molar-refractivity contribution is 5.72. The topological polar surface area (TPSA) is 48.4 Å². The van der Waals surface area contributed by atoms with Crippen molar-refractivity contribution in [3.8, 4) is 22.8 Å². The van der Waals surface area contributed by atoms with E-state index in [0.717, 1.165) is 61.9 Å². The fourth-order valence-electron chi connectivity index (χ4n) is 4.93. The summed E-state index contributed by atoms with van der Waals surface area (Å²) >= 11 is 0. The van der Waals surface area contributed by atoms with Crippen molar-refractivity contribution in [2.75, 3.05) is 54.5 Å². The van der Waals surface area contributed by atoms with Crippen LogP contribution in [0, 0.1) is 0 Å². The summed E-state index contributed by atoms with van der Waals surface area (Å²) in [6.07, 6.45) is 9.94. The number of aromatic nitrogens is 3. The minimum atomic E-state index is 0.911. The van der Waals surface area contributed by atoms with E-state index in [1.165, 1.54) is 42.7 Å². The van der Waals surface area contributed by atoms with Gasteiger partial charge >= 0.3 is 0 Å². The van der Waals surface area contributed by atoms with Crippen molar-refractivity contribution in [1.82, 2.24) is 15.0 Å². The van der Waals surface area contributed by atoms with Crippen LogP contribution in [0.25, 0.3) is 22.8 Å². The molecule has 5 heterocycles. The van der Waals surface area contributed by atoms with Crippen LogP contribution in [0.3, 0.4) is 0 Å². The smallest absolute Gasteiger partial charge is 0.0915 e. The lowest BCUT2D eigenvalue weighted by atomic mass is 10.1. The molecule has 0 unspecified atom stereocenters. The molecule has 172 valence electrons. The molecule has 6 nitrogen and oxygen atoms in total. The fourth-order valence-corrected chi connectivity index (χ4v) is 4.93. The molecule has 0 aromatic carbocycles. The number of nitrogens with zero attached hydrogens (tertiary/aromatic N) is 6. The highest BCUT2D eigenvalue weighted by Crippen LogP contribution is 2.32. The maximum Gasteiger partial charge on any atom is 0.0915 e. The number of pyridine rings is 3. The van der Waals surface area contributed by atoms with Gasteiger partial charge in [-0.05, 0) is 68.5 Å². The first kappa shape index (κ1) is 21.7. The molecule has 3 aromatic heterocycles. The second-order valence-electron chi connectivity index (χ2n) is 9.20. The minimum absolute atomic E-state index is 0.911. The average Bonchev–Trinajstić information content (AvgIpc) is 3.59. The highest BCUT2D eigenvalue weighted by atomic mass is 15.2. The monoisotopic (exact) mass is 442 g/mol. The summed E-state index contributed by atoms with van der Waals surface area (Å²) in [6, 6.07) is 13.0. The lowest BCUT2D eigenvalue weighted by Crippen LogP contribution is -2.18. The molecule has 0 saturated carbocycles. The summed E-state index contributed by atoms with van der Waals surface area (Å²) in [4.78, 5) is 21.7. The van der Waals surface area contributed by atoms with Crippen molar-refractivity contribution in [3.05, 3.63) is 48.8 Å². The Hall–Kier alpha value is -3.15. The van der Waals surface area contributed by atoms with Crippen LogP contribution in [0.15, 0.2) is 48.8 Å². The van der Waals surface area contributed by atoms with Crippen LogP contribution >= 0.6 is 0 Å². The molecule has 3 aromatic rings. The first-order valence-corrected chi connectivity index (χ1v) is 12.4.